The predicted octanol–water partition coefficient (Wildman–Crippen LogP) is 5.21. The number of aromatic nitrogens is 1. The molecule has 0 aliphatic heterocycles. The van der Waals surface area contributed by atoms with Gasteiger partial charge in [-0.15, -0.1) is 11.3 Å². The second kappa shape index (κ2) is 14.5. The molecule has 0 spiro atoms. The van der Waals surface area contributed by atoms with Gasteiger partial charge in [0.15, 0.2) is 5.69 Å². The molecule has 204 valence electrons. The summed E-state index contributed by atoms with van der Waals surface area (Å²) in [7, 11) is 0. The smallest absolute Gasteiger partial charge is 0.273 e. The average Bonchev–Trinajstić information content (AvgIpc) is 3.53. The SMILES string of the molecule is CCCC[C@H](C(=O)NCCC(C)C)N(Cc1cccs1)C(=O)c1snc(C(=O)NC2CCCCC2)c1N. The number of unbranched alkanes of at least 4 members (excludes halogenated alkanes) is 1. The lowest BCUT2D eigenvalue weighted by molar-refractivity contribution is -0.126. The molecule has 0 unspecified atom stereocenters. The minimum Gasteiger partial charge on any atom is -0.395 e. The van der Waals surface area contributed by atoms with E-state index in [-0.39, 0.29) is 40.0 Å². The van der Waals surface area contributed by atoms with Gasteiger partial charge in [0.2, 0.25) is 5.91 Å². The highest BCUT2D eigenvalue weighted by Gasteiger charge is 2.34. The summed E-state index contributed by atoms with van der Waals surface area (Å²) in [5.41, 5.74) is 6.54. The Morgan fingerprint density at radius 3 is 2.59 bits per heavy atom. The molecular weight excluding hydrogens is 506 g/mol. The van der Waals surface area contributed by atoms with Crippen molar-refractivity contribution in [2.75, 3.05) is 12.3 Å². The Bertz CT molecular complexity index is 1020. The first kappa shape index (κ1) is 29.1. The number of nitrogens with one attached hydrogen (secondary N) is 2. The highest BCUT2D eigenvalue weighted by atomic mass is 32.1. The van der Waals surface area contributed by atoms with E-state index in [1.807, 2.05) is 17.5 Å². The van der Waals surface area contributed by atoms with E-state index in [2.05, 4.69) is 35.8 Å². The molecule has 0 saturated heterocycles. The van der Waals surface area contributed by atoms with Gasteiger partial charge in [-0.1, -0.05) is 58.9 Å². The number of carbonyl (C=O) groups is 3. The number of rotatable bonds is 13. The van der Waals surface area contributed by atoms with Gasteiger partial charge >= 0.3 is 0 Å². The van der Waals surface area contributed by atoms with Crippen LogP contribution in [0.1, 0.15) is 104 Å². The summed E-state index contributed by atoms with van der Waals surface area (Å²) < 4.78 is 4.28. The second-order valence-corrected chi connectivity index (χ2v) is 12.0. The molecular formula is C27H41N5O3S2. The van der Waals surface area contributed by atoms with Gasteiger partial charge in [-0.25, -0.2) is 0 Å². The van der Waals surface area contributed by atoms with Gasteiger partial charge in [0, 0.05) is 17.5 Å². The molecule has 0 radical (unpaired) electrons. The molecule has 2 aromatic heterocycles. The van der Waals surface area contributed by atoms with Crippen molar-refractivity contribution in [2.45, 2.75) is 97.2 Å². The standard InChI is InChI=1S/C27H41N5O3S2/c1-4-5-13-21(25(33)29-15-14-18(2)3)32(17-20-12-9-16-36-20)27(35)24-22(28)23(31-37-24)26(34)30-19-10-7-6-8-11-19/h9,12,16,18-19,21H,4-8,10-11,13-15,17,28H2,1-3H3,(H,29,33)(H,30,34)/t21-/m1/s1. The maximum atomic E-state index is 13.9. The molecule has 1 aliphatic carbocycles. The Hall–Kier alpha value is -2.46. The minimum absolute atomic E-state index is 0.0916. The van der Waals surface area contributed by atoms with Crippen LogP contribution in [-0.4, -0.2) is 45.6 Å². The van der Waals surface area contributed by atoms with Crippen LogP contribution in [0, 0.1) is 5.92 Å². The third kappa shape index (κ3) is 8.26. The molecule has 0 aromatic carbocycles. The lowest BCUT2D eigenvalue weighted by Gasteiger charge is -2.30. The van der Waals surface area contributed by atoms with E-state index in [0.717, 1.165) is 61.4 Å². The Morgan fingerprint density at radius 1 is 1.19 bits per heavy atom. The highest BCUT2D eigenvalue weighted by Crippen LogP contribution is 2.28. The Morgan fingerprint density at radius 2 is 1.95 bits per heavy atom. The summed E-state index contributed by atoms with van der Waals surface area (Å²) in [5.74, 6) is -0.385. The fourth-order valence-corrected chi connectivity index (χ4v) is 6.02. The Kier molecular flexibility index (Phi) is 11.4. The van der Waals surface area contributed by atoms with Gasteiger partial charge in [0.05, 0.1) is 12.2 Å². The lowest BCUT2D eigenvalue weighted by atomic mass is 9.95. The highest BCUT2D eigenvalue weighted by molar-refractivity contribution is 7.10. The first-order valence-corrected chi connectivity index (χ1v) is 15.1. The van der Waals surface area contributed by atoms with Crippen molar-refractivity contribution in [3.63, 3.8) is 0 Å². The van der Waals surface area contributed by atoms with Gasteiger partial charge in [-0.3, -0.25) is 14.4 Å². The molecule has 2 aromatic rings. The first-order valence-electron chi connectivity index (χ1n) is 13.5. The summed E-state index contributed by atoms with van der Waals surface area (Å²) in [6.45, 7) is 7.15. The molecule has 1 saturated carbocycles. The van der Waals surface area contributed by atoms with Crippen LogP contribution in [0.4, 0.5) is 5.69 Å². The van der Waals surface area contributed by atoms with E-state index in [4.69, 9.17) is 5.73 Å². The van der Waals surface area contributed by atoms with Crippen molar-refractivity contribution < 1.29 is 14.4 Å². The van der Waals surface area contributed by atoms with Crippen molar-refractivity contribution in [3.05, 3.63) is 33.0 Å². The van der Waals surface area contributed by atoms with Crippen molar-refractivity contribution in [2.24, 2.45) is 5.92 Å². The third-order valence-corrected chi connectivity index (χ3v) is 8.49. The summed E-state index contributed by atoms with van der Waals surface area (Å²) in [6.07, 6.45) is 8.40. The van der Waals surface area contributed by atoms with Gasteiger partial charge in [0.1, 0.15) is 10.9 Å². The molecule has 0 bridgehead atoms. The van der Waals surface area contributed by atoms with Crippen LogP contribution in [-0.2, 0) is 11.3 Å². The van der Waals surface area contributed by atoms with E-state index >= 15 is 0 Å². The number of amides is 3. The van der Waals surface area contributed by atoms with Gasteiger partial charge < -0.3 is 21.3 Å². The summed E-state index contributed by atoms with van der Waals surface area (Å²) in [4.78, 5) is 43.0. The third-order valence-electron chi connectivity index (χ3n) is 6.78. The van der Waals surface area contributed by atoms with Gasteiger partial charge in [-0.05, 0) is 54.6 Å². The normalized spacial score (nSPS) is 14.9. The molecule has 37 heavy (non-hydrogen) atoms. The molecule has 8 nitrogen and oxygen atoms in total. The zero-order valence-electron chi connectivity index (χ0n) is 22.3. The Labute approximate surface area is 228 Å². The summed E-state index contributed by atoms with van der Waals surface area (Å²) >= 11 is 2.47. The fraction of sp³-hybridized carbons (Fsp3) is 0.630. The zero-order chi connectivity index (χ0) is 26.8. The van der Waals surface area contributed by atoms with Crippen molar-refractivity contribution in [1.82, 2.24) is 19.9 Å². The van der Waals surface area contributed by atoms with Crippen molar-refractivity contribution in [3.8, 4) is 0 Å². The zero-order valence-corrected chi connectivity index (χ0v) is 23.9. The number of nitrogen functional groups attached to an aromatic ring is 1. The number of carbonyl (C=O) groups excluding carboxylic acids is 3. The molecule has 10 heteroatoms. The average molecular weight is 548 g/mol. The van der Waals surface area contributed by atoms with Crippen LogP contribution < -0.4 is 16.4 Å². The van der Waals surface area contributed by atoms with Crippen LogP contribution in [0.25, 0.3) is 0 Å². The molecule has 3 rings (SSSR count). The first-order chi connectivity index (χ1) is 17.8. The number of hydrogen-bond acceptors (Lipinski definition) is 7. The molecule has 3 amide bonds. The quantitative estimate of drug-likeness (QED) is 0.318. The number of hydrogen-bond donors (Lipinski definition) is 3. The van der Waals surface area contributed by atoms with E-state index in [0.29, 0.717) is 25.4 Å². The number of nitrogens with two attached hydrogens (primary N) is 1. The van der Waals surface area contributed by atoms with Crippen LogP contribution in [0.15, 0.2) is 17.5 Å². The maximum Gasteiger partial charge on any atom is 0.273 e. The van der Waals surface area contributed by atoms with E-state index in [1.165, 1.54) is 17.8 Å². The predicted molar refractivity (Wildman–Crippen MR) is 151 cm³/mol. The van der Waals surface area contributed by atoms with E-state index in [9.17, 15) is 14.4 Å². The maximum absolute atomic E-state index is 13.9. The topological polar surface area (TPSA) is 117 Å². The van der Waals surface area contributed by atoms with E-state index < -0.39 is 6.04 Å². The van der Waals surface area contributed by atoms with Crippen LogP contribution in [0.3, 0.4) is 0 Å². The summed E-state index contributed by atoms with van der Waals surface area (Å²) in [5, 5.41) is 8.02. The van der Waals surface area contributed by atoms with Gasteiger partial charge in [0.25, 0.3) is 11.8 Å². The lowest BCUT2D eigenvalue weighted by Crippen LogP contribution is -2.49. The minimum atomic E-state index is -0.636. The van der Waals surface area contributed by atoms with Gasteiger partial charge in [-0.2, -0.15) is 4.37 Å². The molecule has 1 atom stereocenters. The molecule has 4 N–H and O–H groups in total. The van der Waals surface area contributed by atoms with Crippen LogP contribution >= 0.6 is 22.9 Å². The monoisotopic (exact) mass is 547 g/mol. The van der Waals surface area contributed by atoms with Crippen LogP contribution in [0.5, 0.6) is 0 Å². The second-order valence-electron chi connectivity index (χ2n) is 10.2. The van der Waals surface area contributed by atoms with E-state index in [1.54, 1.807) is 4.90 Å². The number of anilines is 1. The molecule has 1 fully saturated rings. The van der Waals surface area contributed by atoms with Crippen LogP contribution in [0.2, 0.25) is 0 Å². The fourth-order valence-electron chi connectivity index (χ4n) is 4.57. The molecule has 1 aliphatic rings. The molecule has 2 heterocycles. The number of nitrogens with zero attached hydrogens (tertiary/aromatic N) is 2. The Balaban J connectivity index is 1.84. The van der Waals surface area contributed by atoms with Crippen molar-refractivity contribution in [1.29, 1.82) is 0 Å². The van der Waals surface area contributed by atoms with Crippen molar-refractivity contribution >= 4 is 46.3 Å². The summed E-state index contributed by atoms with van der Waals surface area (Å²) in [6, 6.07) is 3.37. The number of thiophene rings is 1. The largest absolute Gasteiger partial charge is 0.395 e.